The van der Waals surface area contributed by atoms with E-state index in [0.717, 1.165) is 6.54 Å². The Morgan fingerprint density at radius 2 is 2.43 bits per heavy atom. The summed E-state index contributed by atoms with van der Waals surface area (Å²) in [7, 11) is 0. The smallest absolute Gasteiger partial charge is 0.156 e. The summed E-state index contributed by atoms with van der Waals surface area (Å²) in [6.07, 6.45) is 0. The molecule has 78 valence electrons. The standard InChI is InChI=1S/C9H15N3OS/c1-6-4-14-5-8(6)3-11-7(2)9(10)12-13/h4-5,7,11,13H,3H2,1-2H3,(H2,10,12). The molecule has 1 unspecified atom stereocenters. The van der Waals surface area contributed by atoms with Gasteiger partial charge in [-0.25, -0.2) is 0 Å². The van der Waals surface area contributed by atoms with Crippen LogP contribution in [0.5, 0.6) is 0 Å². The molecule has 0 fully saturated rings. The highest BCUT2D eigenvalue weighted by molar-refractivity contribution is 7.08. The predicted molar refractivity (Wildman–Crippen MR) is 58.8 cm³/mol. The molecular formula is C9H15N3OS. The van der Waals surface area contributed by atoms with Gasteiger partial charge in [-0.1, -0.05) is 5.16 Å². The van der Waals surface area contributed by atoms with Gasteiger partial charge < -0.3 is 16.3 Å². The molecule has 4 nitrogen and oxygen atoms in total. The van der Waals surface area contributed by atoms with Crippen LogP contribution in [0.1, 0.15) is 18.1 Å². The van der Waals surface area contributed by atoms with E-state index in [1.165, 1.54) is 11.1 Å². The number of oxime groups is 1. The van der Waals surface area contributed by atoms with Crippen LogP contribution in [0.15, 0.2) is 15.9 Å². The summed E-state index contributed by atoms with van der Waals surface area (Å²) in [5.41, 5.74) is 7.96. The monoisotopic (exact) mass is 213 g/mol. The molecule has 1 aromatic heterocycles. The van der Waals surface area contributed by atoms with Crippen LogP contribution >= 0.6 is 11.3 Å². The van der Waals surface area contributed by atoms with Crippen LogP contribution in [0.4, 0.5) is 0 Å². The van der Waals surface area contributed by atoms with Crippen LogP contribution in [-0.2, 0) is 6.54 Å². The number of thiophene rings is 1. The maximum atomic E-state index is 8.44. The molecule has 1 rings (SSSR count). The second kappa shape index (κ2) is 4.97. The minimum Gasteiger partial charge on any atom is -0.409 e. The zero-order valence-electron chi connectivity index (χ0n) is 8.32. The van der Waals surface area contributed by atoms with Gasteiger partial charge in [0.25, 0.3) is 0 Å². The lowest BCUT2D eigenvalue weighted by Crippen LogP contribution is -2.38. The maximum absolute atomic E-state index is 8.44. The van der Waals surface area contributed by atoms with E-state index in [0.29, 0.717) is 0 Å². The first-order valence-corrected chi connectivity index (χ1v) is 5.32. The predicted octanol–water partition coefficient (Wildman–Crippen LogP) is 1.28. The van der Waals surface area contributed by atoms with Crippen LogP contribution in [0, 0.1) is 6.92 Å². The fourth-order valence-corrected chi connectivity index (χ4v) is 1.88. The van der Waals surface area contributed by atoms with Crippen molar-refractivity contribution < 1.29 is 5.21 Å². The molecule has 0 saturated heterocycles. The highest BCUT2D eigenvalue weighted by Gasteiger charge is 2.07. The van der Waals surface area contributed by atoms with E-state index < -0.39 is 0 Å². The molecule has 0 bridgehead atoms. The van der Waals surface area contributed by atoms with Crippen molar-refractivity contribution >= 4 is 17.2 Å². The maximum Gasteiger partial charge on any atom is 0.156 e. The number of amidine groups is 1. The summed E-state index contributed by atoms with van der Waals surface area (Å²) < 4.78 is 0. The third-order valence-corrected chi connectivity index (χ3v) is 3.03. The van der Waals surface area contributed by atoms with Gasteiger partial charge in [0, 0.05) is 6.54 Å². The quantitative estimate of drug-likeness (QED) is 0.305. The number of aryl methyl sites for hydroxylation is 1. The molecule has 0 radical (unpaired) electrons. The summed E-state index contributed by atoms with van der Waals surface area (Å²) in [5.74, 6) is 0.206. The fraction of sp³-hybridized carbons (Fsp3) is 0.444. The van der Waals surface area contributed by atoms with E-state index in [2.05, 4.69) is 28.2 Å². The molecule has 1 aromatic rings. The van der Waals surface area contributed by atoms with Crippen LogP contribution in [0.2, 0.25) is 0 Å². The largest absolute Gasteiger partial charge is 0.409 e. The van der Waals surface area contributed by atoms with Crippen molar-refractivity contribution in [1.29, 1.82) is 0 Å². The molecular weight excluding hydrogens is 198 g/mol. The Bertz CT molecular complexity index is 322. The molecule has 1 atom stereocenters. The zero-order valence-corrected chi connectivity index (χ0v) is 9.14. The molecule has 0 aromatic carbocycles. The number of nitrogens with two attached hydrogens (primary N) is 1. The van der Waals surface area contributed by atoms with E-state index >= 15 is 0 Å². The molecule has 4 N–H and O–H groups in total. The van der Waals surface area contributed by atoms with Gasteiger partial charge in [-0.2, -0.15) is 11.3 Å². The summed E-state index contributed by atoms with van der Waals surface area (Å²) >= 11 is 1.68. The molecule has 0 aliphatic rings. The first-order valence-electron chi connectivity index (χ1n) is 4.37. The molecule has 0 aliphatic carbocycles. The Labute approximate surface area is 87.4 Å². The van der Waals surface area contributed by atoms with Crippen LogP contribution in [0.3, 0.4) is 0 Å². The van der Waals surface area contributed by atoms with E-state index in [1.54, 1.807) is 11.3 Å². The van der Waals surface area contributed by atoms with Gasteiger partial charge in [-0.05, 0) is 35.7 Å². The van der Waals surface area contributed by atoms with Gasteiger partial charge in [0.15, 0.2) is 5.84 Å². The van der Waals surface area contributed by atoms with Crippen molar-refractivity contribution in [3.05, 3.63) is 21.9 Å². The summed E-state index contributed by atoms with van der Waals surface area (Å²) in [4.78, 5) is 0. The van der Waals surface area contributed by atoms with Crippen LogP contribution in [0.25, 0.3) is 0 Å². The lowest BCUT2D eigenvalue weighted by molar-refractivity contribution is 0.315. The third-order valence-electron chi connectivity index (χ3n) is 2.12. The van der Waals surface area contributed by atoms with Crippen molar-refractivity contribution in [1.82, 2.24) is 5.32 Å². The highest BCUT2D eigenvalue weighted by Crippen LogP contribution is 2.13. The van der Waals surface area contributed by atoms with Gasteiger partial charge in [0.05, 0.1) is 6.04 Å². The Morgan fingerprint density at radius 1 is 1.71 bits per heavy atom. The topological polar surface area (TPSA) is 70.6 Å². The first kappa shape index (κ1) is 11.0. The lowest BCUT2D eigenvalue weighted by Gasteiger charge is -2.11. The second-order valence-electron chi connectivity index (χ2n) is 3.21. The van der Waals surface area contributed by atoms with Crippen molar-refractivity contribution in [2.45, 2.75) is 26.4 Å². The number of nitrogens with zero attached hydrogens (tertiary/aromatic N) is 1. The van der Waals surface area contributed by atoms with Crippen molar-refractivity contribution in [3.8, 4) is 0 Å². The number of rotatable bonds is 4. The zero-order chi connectivity index (χ0) is 10.6. The lowest BCUT2D eigenvalue weighted by atomic mass is 10.2. The molecule has 14 heavy (non-hydrogen) atoms. The molecule has 1 heterocycles. The van der Waals surface area contributed by atoms with E-state index in [9.17, 15) is 0 Å². The van der Waals surface area contributed by atoms with Gasteiger partial charge in [-0.15, -0.1) is 0 Å². The Hall–Kier alpha value is -1.07. The minimum atomic E-state index is -0.112. The number of hydrogen-bond acceptors (Lipinski definition) is 4. The van der Waals surface area contributed by atoms with E-state index in [1.807, 2.05) is 6.92 Å². The molecule has 0 saturated carbocycles. The summed E-state index contributed by atoms with van der Waals surface area (Å²) in [5, 5.41) is 18.8. The Morgan fingerprint density at radius 3 is 2.93 bits per heavy atom. The van der Waals surface area contributed by atoms with Crippen molar-refractivity contribution in [2.24, 2.45) is 10.9 Å². The second-order valence-corrected chi connectivity index (χ2v) is 3.95. The van der Waals surface area contributed by atoms with Gasteiger partial charge >= 0.3 is 0 Å². The first-order chi connectivity index (χ1) is 6.65. The van der Waals surface area contributed by atoms with Crippen LogP contribution < -0.4 is 11.1 Å². The number of nitrogens with one attached hydrogen (secondary N) is 1. The van der Waals surface area contributed by atoms with Crippen molar-refractivity contribution in [2.75, 3.05) is 0 Å². The molecule has 0 amide bonds. The SMILES string of the molecule is Cc1cscc1CNC(C)C(N)=NO. The van der Waals surface area contributed by atoms with Crippen LogP contribution in [-0.4, -0.2) is 17.1 Å². The normalized spacial score (nSPS) is 14.3. The highest BCUT2D eigenvalue weighted by atomic mass is 32.1. The average Bonchev–Trinajstić information content (AvgIpc) is 2.59. The van der Waals surface area contributed by atoms with Crippen molar-refractivity contribution in [3.63, 3.8) is 0 Å². The fourth-order valence-electron chi connectivity index (χ4n) is 1.02. The van der Waals surface area contributed by atoms with Gasteiger partial charge in [0.2, 0.25) is 0 Å². The third kappa shape index (κ3) is 2.71. The molecule has 0 spiro atoms. The number of hydrogen-bond donors (Lipinski definition) is 3. The minimum absolute atomic E-state index is 0.112. The van der Waals surface area contributed by atoms with E-state index in [-0.39, 0.29) is 11.9 Å². The van der Waals surface area contributed by atoms with Gasteiger partial charge in [0.1, 0.15) is 0 Å². The molecule has 5 heteroatoms. The summed E-state index contributed by atoms with van der Waals surface area (Å²) in [6, 6.07) is -0.112. The average molecular weight is 213 g/mol. The Balaban J connectivity index is 2.45. The van der Waals surface area contributed by atoms with Gasteiger partial charge in [-0.3, -0.25) is 0 Å². The Kier molecular flexibility index (Phi) is 3.91. The molecule has 0 aliphatic heterocycles. The van der Waals surface area contributed by atoms with E-state index in [4.69, 9.17) is 10.9 Å². The summed E-state index contributed by atoms with van der Waals surface area (Å²) in [6.45, 7) is 4.67.